The van der Waals surface area contributed by atoms with Gasteiger partial charge >= 0.3 is 6.03 Å². The van der Waals surface area contributed by atoms with Crippen LogP contribution >= 0.6 is 11.8 Å². The molecule has 4 rings (SSSR count). The van der Waals surface area contributed by atoms with Gasteiger partial charge in [0.25, 0.3) is 0 Å². The molecule has 172 valence electrons. The Bertz CT molecular complexity index is 1120. The van der Waals surface area contributed by atoms with Gasteiger partial charge in [-0.05, 0) is 30.3 Å². The second-order valence-electron chi connectivity index (χ2n) is 7.37. The molecule has 1 saturated heterocycles. The quantitative estimate of drug-likeness (QED) is 0.404. The lowest BCUT2D eigenvalue weighted by atomic mass is 10.2. The third kappa shape index (κ3) is 6.41. The molecule has 1 aliphatic heterocycles. The number of carbonyl (C=O) groups excluding carboxylic acids is 2. The van der Waals surface area contributed by atoms with Crippen LogP contribution in [0.25, 0.3) is 10.9 Å². The van der Waals surface area contributed by atoms with Crippen LogP contribution in [0.15, 0.2) is 53.6 Å². The Morgan fingerprint density at radius 2 is 1.85 bits per heavy atom. The zero-order chi connectivity index (χ0) is 23.0. The molecule has 0 aliphatic carbocycles. The summed E-state index contributed by atoms with van der Waals surface area (Å²) in [5.41, 5.74) is 1.39. The van der Waals surface area contributed by atoms with E-state index in [0.717, 1.165) is 29.0 Å². The Labute approximate surface area is 195 Å². The number of morpholine rings is 1. The zero-order valence-electron chi connectivity index (χ0n) is 18.2. The fraction of sp³-hybridized carbons (Fsp3) is 0.304. The van der Waals surface area contributed by atoms with Crippen molar-refractivity contribution in [3.05, 3.63) is 54.4 Å². The molecule has 3 amide bonds. The molecule has 0 spiro atoms. The fourth-order valence-corrected chi connectivity index (χ4v) is 4.20. The molecule has 1 fully saturated rings. The average Bonchev–Trinajstić information content (AvgIpc) is 2.83. The molecule has 2 N–H and O–H groups in total. The van der Waals surface area contributed by atoms with Crippen LogP contribution in [-0.4, -0.2) is 66.0 Å². The summed E-state index contributed by atoms with van der Waals surface area (Å²) >= 11 is 1.28. The predicted molar refractivity (Wildman–Crippen MR) is 127 cm³/mol. The van der Waals surface area contributed by atoms with Gasteiger partial charge in [0, 0.05) is 24.2 Å². The van der Waals surface area contributed by atoms with Crippen LogP contribution in [0.5, 0.6) is 5.75 Å². The molecular weight excluding hydrogens is 442 g/mol. The van der Waals surface area contributed by atoms with Gasteiger partial charge in [0.2, 0.25) is 5.91 Å². The summed E-state index contributed by atoms with van der Waals surface area (Å²) < 4.78 is 10.5. The number of methoxy groups -OCH3 is 1. The molecule has 0 atom stereocenters. The van der Waals surface area contributed by atoms with E-state index in [1.165, 1.54) is 11.8 Å². The molecule has 3 aromatic rings. The minimum absolute atomic E-state index is 0.0496. The molecule has 0 unspecified atom stereocenters. The van der Waals surface area contributed by atoms with Crippen molar-refractivity contribution in [2.75, 3.05) is 44.5 Å². The van der Waals surface area contributed by atoms with Crippen molar-refractivity contribution < 1.29 is 19.1 Å². The van der Waals surface area contributed by atoms with E-state index < -0.39 is 11.9 Å². The van der Waals surface area contributed by atoms with Crippen LogP contribution in [0.4, 0.5) is 10.5 Å². The Hall–Kier alpha value is -3.21. The number of rotatable bonds is 7. The molecule has 2 aromatic carbocycles. The average molecular weight is 468 g/mol. The fourth-order valence-electron chi connectivity index (χ4n) is 3.37. The summed E-state index contributed by atoms with van der Waals surface area (Å²) in [6, 6.07) is 14.0. The number of nitrogens with one attached hydrogen (secondary N) is 2. The lowest BCUT2D eigenvalue weighted by Crippen LogP contribution is -2.36. The third-order valence-corrected chi connectivity index (χ3v) is 6.02. The summed E-state index contributed by atoms with van der Waals surface area (Å²) in [6.45, 7) is 3.70. The monoisotopic (exact) mass is 467 g/mol. The summed E-state index contributed by atoms with van der Waals surface area (Å²) in [7, 11) is 1.57. The zero-order valence-corrected chi connectivity index (χ0v) is 19.1. The summed E-state index contributed by atoms with van der Waals surface area (Å²) in [4.78, 5) is 36.2. The van der Waals surface area contributed by atoms with E-state index >= 15 is 0 Å². The molecule has 2 heterocycles. The molecule has 33 heavy (non-hydrogen) atoms. The van der Waals surface area contributed by atoms with Crippen LogP contribution in [0.1, 0.15) is 5.82 Å². The number of hydrogen-bond acceptors (Lipinski definition) is 8. The number of imide groups is 1. The summed E-state index contributed by atoms with van der Waals surface area (Å²) in [5, 5.41) is 6.57. The highest BCUT2D eigenvalue weighted by molar-refractivity contribution is 8.00. The predicted octanol–water partition coefficient (Wildman–Crippen LogP) is 2.91. The van der Waals surface area contributed by atoms with Crippen molar-refractivity contribution >= 4 is 40.3 Å². The maximum absolute atomic E-state index is 12.4. The number of fused-ring (bicyclic) bond motifs is 1. The maximum atomic E-state index is 12.4. The van der Waals surface area contributed by atoms with E-state index in [4.69, 9.17) is 14.5 Å². The van der Waals surface area contributed by atoms with E-state index in [-0.39, 0.29) is 5.75 Å². The molecular formula is C23H25N5O4S. The minimum atomic E-state index is -0.591. The van der Waals surface area contributed by atoms with E-state index in [0.29, 0.717) is 37.0 Å². The van der Waals surface area contributed by atoms with Gasteiger partial charge in [0.05, 0.1) is 38.1 Å². The molecule has 9 nitrogen and oxygen atoms in total. The second-order valence-corrected chi connectivity index (χ2v) is 8.33. The van der Waals surface area contributed by atoms with Crippen LogP contribution in [0, 0.1) is 0 Å². The topological polar surface area (TPSA) is 106 Å². The number of urea groups is 1. The van der Waals surface area contributed by atoms with Gasteiger partial charge in [0.1, 0.15) is 16.6 Å². The number of ether oxygens (including phenoxy) is 2. The van der Waals surface area contributed by atoms with Gasteiger partial charge in [-0.2, -0.15) is 0 Å². The highest BCUT2D eigenvalue weighted by Crippen LogP contribution is 2.25. The number of para-hydroxylation sites is 1. The Balaban J connectivity index is 1.37. The van der Waals surface area contributed by atoms with Crippen LogP contribution in [0.2, 0.25) is 0 Å². The molecule has 1 aromatic heterocycles. The van der Waals surface area contributed by atoms with Crippen LogP contribution in [-0.2, 0) is 16.1 Å². The van der Waals surface area contributed by atoms with Crippen LogP contribution < -0.4 is 15.4 Å². The second kappa shape index (κ2) is 11.1. The first kappa shape index (κ1) is 23.0. The third-order valence-electron chi connectivity index (χ3n) is 5.02. The van der Waals surface area contributed by atoms with E-state index in [9.17, 15) is 9.59 Å². The number of carbonyl (C=O) groups is 2. The normalized spacial score (nSPS) is 14.1. The molecule has 0 bridgehead atoms. The lowest BCUT2D eigenvalue weighted by Gasteiger charge is -2.25. The standard InChI is InChI=1S/C23H25N5O4S/c1-31-17-8-6-16(7-9-17)24-23(30)27-21(29)15-33-22-18-4-2-3-5-19(18)25-20(26-22)14-28-10-12-32-13-11-28/h2-9H,10-15H2,1H3,(H2,24,27,29,30). The van der Waals surface area contributed by atoms with Gasteiger partial charge in [-0.15, -0.1) is 0 Å². The van der Waals surface area contributed by atoms with Gasteiger partial charge < -0.3 is 14.8 Å². The number of anilines is 1. The van der Waals surface area contributed by atoms with Crippen molar-refractivity contribution in [3.63, 3.8) is 0 Å². The molecule has 1 aliphatic rings. The van der Waals surface area contributed by atoms with Gasteiger partial charge in [-0.3, -0.25) is 15.0 Å². The number of benzene rings is 2. The van der Waals surface area contributed by atoms with Crippen molar-refractivity contribution in [2.45, 2.75) is 11.6 Å². The Morgan fingerprint density at radius 1 is 1.09 bits per heavy atom. The highest BCUT2D eigenvalue weighted by Gasteiger charge is 2.16. The number of amides is 3. The van der Waals surface area contributed by atoms with Crippen molar-refractivity contribution in [3.8, 4) is 5.75 Å². The van der Waals surface area contributed by atoms with E-state index in [1.807, 2.05) is 24.3 Å². The largest absolute Gasteiger partial charge is 0.497 e. The minimum Gasteiger partial charge on any atom is -0.497 e. The number of hydrogen-bond donors (Lipinski definition) is 2. The number of thioether (sulfide) groups is 1. The molecule has 0 saturated carbocycles. The van der Waals surface area contributed by atoms with Crippen molar-refractivity contribution in [1.82, 2.24) is 20.2 Å². The molecule has 10 heteroatoms. The first-order valence-electron chi connectivity index (χ1n) is 10.5. The van der Waals surface area contributed by atoms with E-state index in [1.54, 1.807) is 31.4 Å². The highest BCUT2D eigenvalue weighted by atomic mass is 32.2. The number of aromatic nitrogens is 2. The van der Waals surface area contributed by atoms with Crippen molar-refractivity contribution in [2.24, 2.45) is 0 Å². The SMILES string of the molecule is COc1ccc(NC(=O)NC(=O)CSc2nc(CN3CCOCC3)nc3ccccc23)cc1. The first-order valence-corrected chi connectivity index (χ1v) is 11.5. The number of nitrogens with zero attached hydrogens (tertiary/aromatic N) is 3. The smallest absolute Gasteiger partial charge is 0.325 e. The Kier molecular flexibility index (Phi) is 7.71. The van der Waals surface area contributed by atoms with E-state index in [2.05, 4.69) is 20.5 Å². The first-order chi connectivity index (χ1) is 16.1. The Morgan fingerprint density at radius 3 is 2.61 bits per heavy atom. The van der Waals surface area contributed by atoms with Crippen molar-refractivity contribution in [1.29, 1.82) is 0 Å². The maximum Gasteiger partial charge on any atom is 0.325 e. The van der Waals surface area contributed by atoms with Gasteiger partial charge in [-0.25, -0.2) is 14.8 Å². The van der Waals surface area contributed by atoms with Gasteiger partial charge in [-0.1, -0.05) is 30.0 Å². The summed E-state index contributed by atoms with van der Waals surface area (Å²) in [5.74, 6) is 1.02. The lowest BCUT2D eigenvalue weighted by molar-refractivity contribution is -0.117. The van der Waals surface area contributed by atoms with Crippen LogP contribution in [0.3, 0.4) is 0 Å². The molecule has 0 radical (unpaired) electrons. The summed E-state index contributed by atoms with van der Waals surface area (Å²) in [6.07, 6.45) is 0. The van der Waals surface area contributed by atoms with Gasteiger partial charge in [0.15, 0.2) is 0 Å².